The Hall–Kier alpha value is -1.09. The highest BCUT2D eigenvalue weighted by atomic mass is 16.6. The molecule has 2 aliphatic heterocycles. The van der Waals surface area contributed by atoms with Crippen LogP contribution in [0.2, 0.25) is 0 Å². The minimum Gasteiger partial charge on any atom is -0.457 e. The Morgan fingerprint density at radius 3 is 2.80 bits per heavy atom. The molecule has 2 bridgehead atoms. The number of rotatable bonds is 2. The predicted octanol–water partition coefficient (Wildman–Crippen LogP) is 5.06. The minimum atomic E-state index is -0.560. The average molecular weight is 347 g/mol. The zero-order valence-electron chi connectivity index (χ0n) is 16.5. The fourth-order valence-corrected chi connectivity index (χ4v) is 5.63. The number of ether oxygens (including phenoxy) is 2. The van der Waals surface area contributed by atoms with Gasteiger partial charge in [-0.15, -0.1) is 0 Å². The number of carbonyl (C=O) groups excluding carboxylic acids is 1. The van der Waals surface area contributed by atoms with E-state index in [1.807, 2.05) is 0 Å². The fraction of sp³-hybridized carbons (Fsp3) is 0.773. The topological polar surface area (TPSA) is 35.5 Å². The van der Waals surface area contributed by atoms with Crippen LogP contribution in [0.25, 0.3) is 0 Å². The lowest BCUT2D eigenvalue weighted by atomic mass is 9.61. The molecule has 6 atom stereocenters. The smallest absolute Gasteiger partial charge is 0.303 e. The van der Waals surface area contributed by atoms with Crippen molar-refractivity contribution in [2.75, 3.05) is 0 Å². The largest absolute Gasteiger partial charge is 0.457 e. The molecular weight excluding hydrogens is 312 g/mol. The lowest BCUT2D eigenvalue weighted by molar-refractivity contribution is -0.178. The molecule has 0 aromatic carbocycles. The van der Waals surface area contributed by atoms with Crippen LogP contribution in [0.5, 0.6) is 0 Å². The van der Waals surface area contributed by atoms with Crippen molar-refractivity contribution in [3.8, 4) is 0 Å². The van der Waals surface area contributed by atoms with Gasteiger partial charge in [0.15, 0.2) is 0 Å². The Bertz CT molecular complexity index is 576. The third-order valence-electron chi connectivity index (χ3n) is 6.74. The maximum Gasteiger partial charge on any atom is 0.303 e. The van der Waals surface area contributed by atoms with Crippen LogP contribution in [-0.2, 0) is 14.3 Å². The normalized spacial score (nSPS) is 43.5. The zero-order chi connectivity index (χ0) is 18.4. The SMILES string of the molecule is C=C1CC[C@H](C(C)C)[C@@H]2[C@H]1[C@@H]1C/C(C)=C/CC[C@@](C)(OC(C)=O)[C@H]2O1. The molecule has 0 radical (unpaired) electrons. The first kappa shape index (κ1) is 18.7. The van der Waals surface area contributed by atoms with Gasteiger partial charge in [0.1, 0.15) is 11.7 Å². The van der Waals surface area contributed by atoms with E-state index in [1.54, 1.807) is 0 Å². The Morgan fingerprint density at radius 1 is 1.44 bits per heavy atom. The second-order valence-electron chi connectivity index (χ2n) is 9.00. The first-order chi connectivity index (χ1) is 11.7. The van der Waals surface area contributed by atoms with Crippen LogP contribution in [0.4, 0.5) is 0 Å². The molecule has 1 saturated carbocycles. The maximum atomic E-state index is 11.9. The van der Waals surface area contributed by atoms with E-state index in [0.29, 0.717) is 23.7 Å². The quantitative estimate of drug-likeness (QED) is 0.518. The van der Waals surface area contributed by atoms with E-state index in [4.69, 9.17) is 9.47 Å². The number of carbonyl (C=O) groups is 1. The van der Waals surface area contributed by atoms with Crippen LogP contribution in [0.3, 0.4) is 0 Å². The second kappa shape index (κ2) is 6.90. The molecule has 0 N–H and O–H groups in total. The highest BCUT2D eigenvalue weighted by Crippen LogP contribution is 2.55. The molecule has 0 unspecified atom stereocenters. The summed E-state index contributed by atoms with van der Waals surface area (Å²) in [7, 11) is 0. The molecule has 3 rings (SSSR count). The van der Waals surface area contributed by atoms with Gasteiger partial charge < -0.3 is 9.47 Å². The number of esters is 1. The van der Waals surface area contributed by atoms with Crippen LogP contribution in [-0.4, -0.2) is 23.8 Å². The zero-order valence-corrected chi connectivity index (χ0v) is 16.5. The number of allylic oxidation sites excluding steroid dienone is 1. The van der Waals surface area contributed by atoms with E-state index in [1.165, 1.54) is 24.5 Å². The Morgan fingerprint density at radius 2 is 2.16 bits per heavy atom. The van der Waals surface area contributed by atoms with Crippen molar-refractivity contribution in [2.24, 2.45) is 23.7 Å². The Kier molecular flexibility index (Phi) is 5.16. The van der Waals surface area contributed by atoms with Crippen molar-refractivity contribution in [2.45, 2.75) is 84.5 Å². The molecule has 25 heavy (non-hydrogen) atoms. The van der Waals surface area contributed by atoms with Crippen LogP contribution >= 0.6 is 0 Å². The van der Waals surface area contributed by atoms with E-state index in [-0.39, 0.29) is 18.2 Å². The van der Waals surface area contributed by atoms with E-state index in [0.717, 1.165) is 25.7 Å². The number of hydrogen-bond acceptors (Lipinski definition) is 3. The molecule has 0 aromatic rings. The van der Waals surface area contributed by atoms with Crippen molar-refractivity contribution < 1.29 is 14.3 Å². The number of fused-ring (bicyclic) bond motifs is 5. The fourth-order valence-electron chi connectivity index (χ4n) is 5.63. The van der Waals surface area contributed by atoms with Gasteiger partial charge in [-0.25, -0.2) is 0 Å². The standard InChI is InChI=1S/C22H34O3/c1-13(2)17-10-9-15(4)19-18-12-14(3)8-7-11-22(6,25-16(5)23)21(24-18)20(17)19/h8,13,17-21H,4,7,9-12H2,1-3,5-6H3/b14-8+/t17-,18+,19-,20-,21+,22-/m1/s1. The lowest BCUT2D eigenvalue weighted by Gasteiger charge is -2.44. The van der Waals surface area contributed by atoms with Crippen LogP contribution in [0.1, 0.15) is 66.7 Å². The molecule has 1 aliphatic carbocycles. The average Bonchev–Trinajstić information content (AvgIpc) is 2.88. The first-order valence-corrected chi connectivity index (χ1v) is 9.91. The second-order valence-corrected chi connectivity index (χ2v) is 9.00. The van der Waals surface area contributed by atoms with Crippen LogP contribution in [0.15, 0.2) is 23.8 Å². The predicted molar refractivity (Wildman–Crippen MR) is 100 cm³/mol. The summed E-state index contributed by atoms with van der Waals surface area (Å²) in [5.74, 6) is 1.79. The van der Waals surface area contributed by atoms with Gasteiger partial charge in [0, 0.05) is 18.8 Å². The molecule has 0 spiro atoms. The Labute approximate surface area is 152 Å². The molecule has 0 aromatic heterocycles. The van der Waals surface area contributed by atoms with Gasteiger partial charge in [-0.1, -0.05) is 37.6 Å². The maximum absolute atomic E-state index is 11.9. The van der Waals surface area contributed by atoms with Crippen molar-refractivity contribution in [3.63, 3.8) is 0 Å². The summed E-state index contributed by atoms with van der Waals surface area (Å²) in [5.41, 5.74) is 2.17. The highest BCUT2D eigenvalue weighted by Gasteiger charge is 2.58. The third-order valence-corrected chi connectivity index (χ3v) is 6.74. The molecule has 3 aliphatic rings. The van der Waals surface area contributed by atoms with Crippen LogP contribution < -0.4 is 0 Å². The van der Waals surface area contributed by atoms with E-state index in [2.05, 4.69) is 40.3 Å². The van der Waals surface area contributed by atoms with Crippen molar-refractivity contribution in [3.05, 3.63) is 23.8 Å². The first-order valence-electron chi connectivity index (χ1n) is 9.91. The van der Waals surface area contributed by atoms with Gasteiger partial charge in [-0.2, -0.15) is 0 Å². The molecule has 2 fully saturated rings. The lowest BCUT2D eigenvalue weighted by Crippen LogP contribution is -2.50. The molecule has 140 valence electrons. The molecule has 0 amide bonds. The molecule has 3 nitrogen and oxygen atoms in total. The number of hydrogen-bond donors (Lipinski definition) is 0. The van der Waals surface area contributed by atoms with Crippen molar-refractivity contribution in [1.82, 2.24) is 0 Å². The summed E-state index contributed by atoms with van der Waals surface area (Å²) in [5, 5.41) is 0. The third kappa shape index (κ3) is 3.45. The van der Waals surface area contributed by atoms with E-state index >= 15 is 0 Å². The summed E-state index contributed by atoms with van der Waals surface area (Å²) < 4.78 is 12.6. The minimum absolute atomic E-state index is 0.0323. The van der Waals surface area contributed by atoms with Gasteiger partial charge in [-0.3, -0.25) is 4.79 Å². The van der Waals surface area contributed by atoms with Crippen LogP contribution in [0, 0.1) is 23.7 Å². The summed E-state index contributed by atoms with van der Waals surface area (Å²) in [6.45, 7) is 14.9. The summed E-state index contributed by atoms with van der Waals surface area (Å²) >= 11 is 0. The van der Waals surface area contributed by atoms with Crippen molar-refractivity contribution in [1.29, 1.82) is 0 Å². The molecular formula is C22H34O3. The van der Waals surface area contributed by atoms with E-state index < -0.39 is 5.60 Å². The highest BCUT2D eigenvalue weighted by molar-refractivity contribution is 5.66. The van der Waals surface area contributed by atoms with Gasteiger partial charge in [0.25, 0.3) is 0 Å². The Balaban J connectivity index is 2.05. The van der Waals surface area contributed by atoms with Gasteiger partial charge in [-0.05, 0) is 57.8 Å². The molecule has 3 heteroatoms. The molecule has 1 saturated heterocycles. The summed E-state index contributed by atoms with van der Waals surface area (Å²) in [6.07, 6.45) is 7.45. The summed E-state index contributed by atoms with van der Waals surface area (Å²) in [4.78, 5) is 11.9. The van der Waals surface area contributed by atoms with Gasteiger partial charge in [0.2, 0.25) is 0 Å². The summed E-state index contributed by atoms with van der Waals surface area (Å²) in [6, 6.07) is 0. The van der Waals surface area contributed by atoms with Gasteiger partial charge >= 0.3 is 5.97 Å². The monoisotopic (exact) mass is 346 g/mol. The molecule has 2 heterocycles. The van der Waals surface area contributed by atoms with Gasteiger partial charge in [0.05, 0.1) is 6.10 Å². The van der Waals surface area contributed by atoms with Crippen molar-refractivity contribution >= 4 is 5.97 Å². The van der Waals surface area contributed by atoms with E-state index in [9.17, 15) is 4.79 Å².